The Labute approximate surface area is 119 Å². The maximum atomic E-state index is 13.6. The zero-order valence-corrected chi connectivity index (χ0v) is 11.9. The molecule has 0 atom stereocenters. The standard InChI is InChI=1S/C13H11ClF2N2S/c1-7(2)11-12(14)17-6-18-13(11)19-10-4-3-8(15)5-9(10)16/h3-7H,1-2H3. The van der Waals surface area contributed by atoms with Gasteiger partial charge in [-0.05, 0) is 18.1 Å². The van der Waals surface area contributed by atoms with Crippen LogP contribution in [0.4, 0.5) is 8.78 Å². The first-order chi connectivity index (χ1) is 8.99. The lowest BCUT2D eigenvalue weighted by Gasteiger charge is -2.12. The van der Waals surface area contributed by atoms with Crippen LogP contribution in [-0.2, 0) is 0 Å². The van der Waals surface area contributed by atoms with Crippen LogP contribution in [0.25, 0.3) is 0 Å². The molecule has 1 aromatic carbocycles. The molecule has 19 heavy (non-hydrogen) atoms. The average Bonchev–Trinajstić information content (AvgIpc) is 2.32. The van der Waals surface area contributed by atoms with Gasteiger partial charge in [-0.15, -0.1) is 0 Å². The number of hydrogen-bond acceptors (Lipinski definition) is 3. The number of hydrogen-bond donors (Lipinski definition) is 0. The van der Waals surface area contributed by atoms with Gasteiger partial charge in [0.15, 0.2) is 0 Å². The van der Waals surface area contributed by atoms with E-state index in [1.54, 1.807) is 0 Å². The fourth-order valence-electron chi connectivity index (χ4n) is 1.59. The maximum Gasteiger partial charge on any atom is 0.140 e. The van der Waals surface area contributed by atoms with E-state index in [2.05, 4.69) is 9.97 Å². The number of rotatable bonds is 3. The molecule has 2 rings (SSSR count). The first-order valence-corrected chi connectivity index (χ1v) is 6.81. The molecule has 100 valence electrons. The summed E-state index contributed by atoms with van der Waals surface area (Å²) in [6.07, 6.45) is 1.33. The Morgan fingerprint density at radius 3 is 2.58 bits per heavy atom. The van der Waals surface area contributed by atoms with Gasteiger partial charge in [0.2, 0.25) is 0 Å². The number of aromatic nitrogens is 2. The van der Waals surface area contributed by atoms with Crippen LogP contribution < -0.4 is 0 Å². The molecule has 2 aromatic rings. The molecular weight excluding hydrogens is 290 g/mol. The van der Waals surface area contributed by atoms with Gasteiger partial charge in [-0.1, -0.05) is 37.2 Å². The van der Waals surface area contributed by atoms with Crippen molar-refractivity contribution in [3.63, 3.8) is 0 Å². The Balaban J connectivity index is 2.41. The molecule has 6 heteroatoms. The molecule has 0 unspecified atom stereocenters. The smallest absolute Gasteiger partial charge is 0.140 e. The van der Waals surface area contributed by atoms with Gasteiger partial charge in [0.1, 0.15) is 28.1 Å². The van der Waals surface area contributed by atoms with E-state index in [9.17, 15) is 8.78 Å². The molecule has 0 amide bonds. The fourth-order valence-corrected chi connectivity index (χ4v) is 3.04. The van der Waals surface area contributed by atoms with Gasteiger partial charge >= 0.3 is 0 Å². The molecule has 0 spiro atoms. The van der Waals surface area contributed by atoms with E-state index in [1.165, 1.54) is 18.5 Å². The van der Waals surface area contributed by atoms with Gasteiger partial charge in [0.05, 0.1) is 0 Å². The monoisotopic (exact) mass is 300 g/mol. The Bertz CT molecular complexity index is 605. The van der Waals surface area contributed by atoms with E-state index < -0.39 is 11.6 Å². The molecule has 0 saturated carbocycles. The molecule has 0 aliphatic carbocycles. The van der Waals surface area contributed by atoms with Gasteiger partial charge < -0.3 is 0 Å². The Kier molecular flexibility index (Phi) is 4.37. The molecule has 1 heterocycles. The Morgan fingerprint density at radius 1 is 1.21 bits per heavy atom. The summed E-state index contributed by atoms with van der Waals surface area (Å²) in [7, 11) is 0. The van der Waals surface area contributed by atoms with Crippen LogP contribution in [0.15, 0.2) is 34.4 Å². The second-order valence-electron chi connectivity index (χ2n) is 4.21. The minimum Gasteiger partial charge on any atom is -0.229 e. The minimum absolute atomic E-state index is 0.111. The van der Waals surface area contributed by atoms with Gasteiger partial charge in [-0.25, -0.2) is 18.7 Å². The largest absolute Gasteiger partial charge is 0.229 e. The van der Waals surface area contributed by atoms with Crippen LogP contribution in [0.1, 0.15) is 25.3 Å². The third-order valence-electron chi connectivity index (χ3n) is 2.48. The molecule has 0 fully saturated rings. The molecule has 0 radical (unpaired) electrons. The zero-order chi connectivity index (χ0) is 14.0. The summed E-state index contributed by atoms with van der Waals surface area (Å²) in [5.74, 6) is -1.11. The number of benzene rings is 1. The average molecular weight is 301 g/mol. The minimum atomic E-state index is -0.616. The van der Waals surface area contributed by atoms with Gasteiger partial charge in [-0.2, -0.15) is 0 Å². The van der Waals surface area contributed by atoms with Gasteiger partial charge in [0.25, 0.3) is 0 Å². The summed E-state index contributed by atoms with van der Waals surface area (Å²) >= 11 is 7.15. The van der Waals surface area contributed by atoms with Crippen molar-refractivity contribution in [3.05, 3.63) is 46.9 Å². The van der Waals surface area contributed by atoms with Crippen molar-refractivity contribution in [1.29, 1.82) is 0 Å². The molecule has 0 aliphatic heterocycles. The Morgan fingerprint density at radius 2 is 1.95 bits per heavy atom. The fraction of sp³-hybridized carbons (Fsp3) is 0.231. The van der Waals surface area contributed by atoms with E-state index in [1.807, 2.05) is 13.8 Å². The van der Waals surface area contributed by atoms with E-state index in [0.717, 1.165) is 23.4 Å². The maximum absolute atomic E-state index is 13.6. The molecular formula is C13H11ClF2N2S. The second-order valence-corrected chi connectivity index (χ2v) is 5.60. The van der Waals surface area contributed by atoms with Crippen molar-refractivity contribution >= 4 is 23.4 Å². The molecule has 0 saturated heterocycles. The number of halogens is 3. The summed E-state index contributed by atoms with van der Waals surface area (Å²) in [6, 6.07) is 3.44. The lowest BCUT2D eigenvalue weighted by Crippen LogP contribution is -1.98. The molecule has 0 N–H and O–H groups in total. The topological polar surface area (TPSA) is 25.8 Å². The van der Waals surface area contributed by atoms with Crippen LogP contribution in [-0.4, -0.2) is 9.97 Å². The molecule has 2 nitrogen and oxygen atoms in total. The van der Waals surface area contributed by atoms with Crippen LogP contribution in [0, 0.1) is 11.6 Å². The first-order valence-electron chi connectivity index (χ1n) is 5.62. The predicted octanol–water partition coefficient (Wildman–Crippen LogP) is 4.68. The lowest BCUT2D eigenvalue weighted by molar-refractivity contribution is 0.565. The summed E-state index contributed by atoms with van der Waals surface area (Å²) in [6.45, 7) is 3.91. The highest BCUT2D eigenvalue weighted by atomic mass is 35.5. The zero-order valence-electron chi connectivity index (χ0n) is 10.3. The van der Waals surface area contributed by atoms with Crippen LogP contribution >= 0.6 is 23.4 Å². The summed E-state index contributed by atoms with van der Waals surface area (Å²) in [4.78, 5) is 8.36. The van der Waals surface area contributed by atoms with E-state index in [4.69, 9.17) is 11.6 Å². The van der Waals surface area contributed by atoms with Crippen molar-refractivity contribution < 1.29 is 8.78 Å². The lowest BCUT2D eigenvalue weighted by atomic mass is 10.1. The van der Waals surface area contributed by atoms with E-state index in [-0.39, 0.29) is 5.92 Å². The molecule has 0 aliphatic rings. The Hall–Kier alpha value is -1.20. The van der Waals surface area contributed by atoms with Gasteiger partial charge in [-0.3, -0.25) is 0 Å². The first kappa shape index (κ1) is 14.2. The highest BCUT2D eigenvalue weighted by Crippen LogP contribution is 2.36. The van der Waals surface area contributed by atoms with Crippen LogP contribution in [0.2, 0.25) is 5.15 Å². The summed E-state index contributed by atoms with van der Waals surface area (Å²) in [5, 5.41) is 0.940. The van der Waals surface area contributed by atoms with Crippen LogP contribution in [0.3, 0.4) is 0 Å². The number of nitrogens with zero attached hydrogens (tertiary/aromatic N) is 2. The van der Waals surface area contributed by atoms with E-state index in [0.29, 0.717) is 15.1 Å². The van der Waals surface area contributed by atoms with Crippen molar-refractivity contribution in [3.8, 4) is 0 Å². The van der Waals surface area contributed by atoms with Crippen molar-refractivity contribution in [2.45, 2.75) is 29.7 Å². The molecule has 0 bridgehead atoms. The van der Waals surface area contributed by atoms with Crippen molar-refractivity contribution in [1.82, 2.24) is 9.97 Å². The van der Waals surface area contributed by atoms with Gasteiger partial charge in [0, 0.05) is 16.5 Å². The highest BCUT2D eigenvalue weighted by molar-refractivity contribution is 7.99. The summed E-state index contributed by atoms with van der Waals surface area (Å²) < 4.78 is 26.5. The van der Waals surface area contributed by atoms with Crippen molar-refractivity contribution in [2.75, 3.05) is 0 Å². The third kappa shape index (κ3) is 3.22. The normalized spacial score (nSPS) is 11.1. The SMILES string of the molecule is CC(C)c1c(Cl)ncnc1Sc1ccc(F)cc1F. The van der Waals surface area contributed by atoms with E-state index >= 15 is 0 Å². The quantitative estimate of drug-likeness (QED) is 0.770. The highest BCUT2D eigenvalue weighted by Gasteiger charge is 2.16. The molecule has 1 aromatic heterocycles. The predicted molar refractivity (Wildman–Crippen MR) is 71.6 cm³/mol. The van der Waals surface area contributed by atoms with Crippen molar-refractivity contribution in [2.24, 2.45) is 0 Å². The van der Waals surface area contributed by atoms with Crippen LogP contribution in [0.5, 0.6) is 0 Å². The third-order valence-corrected chi connectivity index (χ3v) is 3.85. The second kappa shape index (κ2) is 5.84. The summed E-state index contributed by atoms with van der Waals surface area (Å²) in [5.41, 5.74) is 0.762.